The predicted octanol–water partition coefficient (Wildman–Crippen LogP) is 3.89. The van der Waals surface area contributed by atoms with Crippen LogP contribution in [0.2, 0.25) is 0 Å². The second-order valence-electron chi connectivity index (χ2n) is 8.25. The zero-order chi connectivity index (χ0) is 22.6. The molecule has 1 atom stereocenters. The van der Waals surface area contributed by atoms with E-state index >= 15 is 0 Å². The highest BCUT2D eigenvalue weighted by molar-refractivity contribution is 7.89. The summed E-state index contributed by atoms with van der Waals surface area (Å²) in [5.74, 6) is 1.74. The smallest absolute Gasteiger partial charge is 0.214 e. The molecular weight excluding hydrogens is 415 g/mol. The first-order valence-corrected chi connectivity index (χ1v) is 12.7. The van der Waals surface area contributed by atoms with Gasteiger partial charge in [0.2, 0.25) is 10.0 Å². The van der Waals surface area contributed by atoms with Crippen molar-refractivity contribution in [3.63, 3.8) is 0 Å². The molecule has 0 radical (unpaired) electrons. The summed E-state index contributed by atoms with van der Waals surface area (Å²) in [6, 6.07) is 6.77. The lowest BCUT2D eigenvalue weighted by molar-refractivity contribution is 0.383. The zero-order valence-corrected chi connectivity index (χ0v) is 19.8. The fraction of sp³-hybridized carbons (Fsp3) is 0.565. The van der Waals surface area contributed by atoms with Crippen LogP contribution in [-0.4, -0.2) is 54.6 Å². The maximum Gasteiger partial charge on any atom is 0.214 e. The second-order valence-corrected chi connectivity index (χ2v) is 10.3. The van der Waals surface area contributed by atoms with Crippen LogP contribution in [0.15, 0.2) is 24.3 Å². The number of halogens is 1. The number of aromatic nitrogens is 2. The van der Waals surface area contributed by atoms with Crippen LogP contribution in [0.3, 0.4) is 0 Å². The highest BCUT2D eigenvalue weighted by atomic mass is 32.2. The molecule has 2 heterocycles. The molecule has 8 heteroatoms. The number of nitrogens with zero attached hydrogens (tertiary/aromatic N) is 4. The zero-order valence-electron chi connectivity index (χ0n) is 18.9. The minimum Gasteiger partial charge on any atom is -0.354 e. The van der Waals surface area contributed by atoms with Gasteiger partial charge in [-0.2, -0.15) is 4.31 Å². The first-order valence-electron chi connectivity index (χ1n) is 11.1. The Morgan fingerprint density at radius 1 is 1.10 bits per heavy atom. The van der Waals surface area contributed by atoms with E-state index in [1.54, 1.807) is 16.4 Å². The highest BCUT2D eigenvalue weighted by Crippen LogP contribution is 2.28. The molecule has 1 aromatic heterocycles. The molecule has 0 amide bonds. The first-order chi connectivity index (χ1) is 14.8. The lowest BCUT2D eigenvalue weighted by Crippen LogP contribution is -2.49. The van der Waals surface area contributed by atoms with E-state index in [4.69, 9.17) is 9.97 Å². The largest absolute Gasteiger partial charge is 0.354 e. The summed E-state index contributed by atoms with van der Waals surface area (Å²) in [5.41, 5.74) is 2.36. The number of aryl methyl sites for hydroxylation is 1. The van der Waals surface area contributed by atoms with Crippen molar-refractivity contribution < 1.29 is 12.8 Å². The molecule has 3 rings (SSSR count). The fourth-order valence-electron chi connectivity index (χ4n) is 3.87. The van der Waals surface area contributed by atoms with E-state index in [-0.39, 0.29) is 17.5 Å². The molecule has 1 aliphatic rings. The monoisotopic (exact) mass is 448 g/mol. The van der Waals surface area contributed by atoms with Crippen LogP contribution >= 0.6 is 0 Å². The Hall–Kier alpha value is -2.06. The summed E-state index contributed by atoms with van der Waals surface area (Å²) < 4.78 is 40.8. The molecule has 31 heavy (non-hydrogen) atoms. The molecule has 0 saturated carbocycles. The predicted molar refractivity (Wildman–Crippen MR) is 123 cm³/mol. The third kappa shape index (κ3) is 5.41. The van der Waals surface area contributed by atoms with Gasteiger partial charge in [-0.25, -0.2) is 22.8 Å². The lowest BCUT2D eigenvalue weighted by Gasteiger charge is -2.36. The van der Waals surface area contributed by atoms with Crippen molar-refractivity contribution in [1.29, 1.82) is 0 Å². The number of benzene rings is 1. The summed E-state index contributed by atoms with van der Waals surface area (Å²) in [6.45, 7) is 10.0. The highest BCUT2D eigenvalue weighted by Gasteiger charge is 2.29. The molecule has 2 aromatic rings. The van der Waals surface area contributed by atoms with Gasteiger partial charge in [-0.3, -0.25) is 0 Å². The van der Waals surface area contributed by atoms with Crippen LogP contribution in [0, 0.1) is 12.7 Å². The van der Waals surface area contributed by atoms with Gasteiger partial charge < -0.3 is 4.90 Å². The van der Waals surface area contributed by atoms with Crippen molar-refractivity contribution in [3.8, 4) is 0 Å². The number of hydrogen-bond donors (Lipinski definition) is 0. The molecule has 1 saturated heterocycles. The minimum absolute atomic E-state index is 0.177. The number of anilines is 1. The van der Waals surface area contributed by atoms with Crippen LogP contribution in [-0.2, 0) is 16.4 Å². The van der Waals surface area contributed by atoms with Gasteiger partial charge in [0.05, 0.1) is 5.75 Å². The van der Waals surface area contributed by atoms with Crippen molar-refractivity contribution in [1.82, 2.24) is 14.3 Å². The van der Waals surface area contributed by atoms with Crippen LogP contribution in [0.5, 0.6) is 0 Å². The van der Waals surface area contributed by atoms with Crippen molar-refractivity contribution in [2.45, 2.75) is 52.9 Å². The average Bonchev–Trinajstić information content (AvgIpc) is 2.75. The number of piperazine rings is 1. The van der Waals surface area contributed by atoms with E-state index in [0.29, 0.717) is 44.6 Å². The van der Waals surface area contributed by atoms with Gasteiger partial charge in [0.15, 0.2) is 0 Å². The summed E-state index contributed by atoms with van der Waals surface area (Å²) in [6.07, 6.45) is 1.94. The van der Waals surface area contributed by atoms with E-state index < -0.39 is 10.0 Å². The summed E-state index contributed by atoms with van der Waals surface area (Å²) >= 11 is 0. The normalized spacial score (nSPS) is 16.5. The van der Waals surface area contributed by atoms with Crippen LogP contribution in [0.25, 0.3) is 0 Å². The Kier molecular flexibility index (Phi) is 7.64. The molecule has 1 fully saturated rings. The van der Waals surface area contributed by atoms with Crippen molar-refractivity contribution in [2.75, 3.05) is 36.8 Å². The van der Waals surface area contributed by atoms with E-state index in [1.165, 1.54) is 6.07 Å². The summed E-state index contributed by atoms with van der Waals surface area (Å²) in [7, 11) is -3.21. The van der Waals surface area contributed by atoms with E-state index in [0.717, 1.165) is 29.3 Å². The Morgan fingerprint density at radius 3 is 2.39 bits per heavy atom. The molecule has 1 aromatic carbocycles. The van der Waals surface area contributed by atoms with E-state index in [2.05, 4.69) is 18.7 Å². The first kappa shape index (κ1) is 23.6. The molecule has 0 N–H and O–H groups in total. The van der Waals surface area contributed by atoms with Gasteiger partial charge >= 0.3 is 0 Å². The van der Waals surface area contributed by atoms with Crippen molar-refractivity contribution in [3.05, 3.63) is 52.7 Å². The fourth-order valence-corrected chi connectivity index (χ4v) is 5.36. The Balaban J connectivity index is 1.94. The second kappa shape index (κ2) is 10.0. The standard InChI is InChI=1S/C23H33FN4O2S/c1-5-15-31(29,30)28-13-11-27(12-14-28)23-20(16-19-9-7-8-10-21(19)24)18(4)25-22(26-23)17(3)6-2/h7-10,17H,5-6,11-16H2,1-4H3. The third-order valence-corrected chi connectivity index (χ3v) is 8.06. The van der Waals surface area contributed by atoms with E-state index in [1.807, 2.05) is 19.9 Å². The molecule has 1 aliphatic heterocycles. The van der Waals surface area contributed by atoms with Gasteiger partial charge in [0, 0.05) is 49.8 Å². The van der Waals surface area contributed by atoms with Crippen LogP contribution < -0.4 is 4.90 Å². The van der Waals surface area contributed by atoms with Gasteiger partial charge in [0.25, 0.3) is 0 Å². The maximum atomic E-state index is 14.4. The SMILES string of the molecule is CCCS(=O)(=O)N1CCN(c2nc(C(C)CC)nc(C)c2Cc2ccccc2F)CC1. The number of sulfonamides is 1. The summed E-state index contributed by atoms with van der Waals surface area (Å²) in [4.78, 5) is 11.8. The van der Waals surface area contributed by atoms with Crippen LogP contribution in [0.1, 0.15) is 62.2 Å². The summed E-state index contributed by atoms with van der Waals surface area (Å²) in [5, 5.41) is 0. The molecule has 1 unspecified atom stereocenters. The van der Waals surface area contributed by atoms with Gasteiger partial charge in [-0.1, -0.05) is 39.0 Å². The molecule has 0 aliphatic carbocycles. The van der Waals surface area contributed by atoms with Gasteiger partial charge in [0.1, 0.15) is 17.5 Å². The molecule has 0 spiro atoms. The topological polar surface area (TPSA) is 66.4 Å². The van der Waals surface area contributed by atoms with Gasteiger partial charge in [-0.15, -0.1) is 0 Å². The third-order valence-electron chi connectivity index (χ3n) is 5.98. The molecular formula is C23H33FN4O2S. The number of rotatable bonds is 8. The van der Waals surface area contributed by atoms with Crippen molar-refractivity contribution in [2.24, 2.45) is 0 Å². The number of hydrogen-bond acceptors (Lipinski definition) is 5. The molecule has 0 bridgehead atoms. The van der Waals surface area contributed by atoms with Crippen LogP contribution in [0.4, 0.5) is 10.2 Å². The quantitative estimate of drug-likeness (QED) is 0.613. The average molecular weight is 449 g/mol. The lowest BCUT2D eigenvalue weighted by atomic mass is 10.0. The van der Waals surface area contributed by atoms with Gasteiger partial charge in [-0.05, 0) is 31.4 Å². The maximum absolute atomic E-state index is 14.4. The molecule has 6 nitrogen and oxygen atoms in total. The minimum atomic E-state index is -3.21. The Morgan fingerprint density at radius 2 is 1.77 bits per heavy atom. The Bertz CT molecular complexity index is 1000. The Labute approximate surface area is 185 Å². The van der Waals surface area contributed by atoms with Crippen molar-refractivity contribution >= 4 is 15.8 Å². The molecule has 170 valence electrons. The van der Waals surface area contributed by atoms with E-state index in [9.17, 15) is 12.8 Å².